The summed E-state index contributed by atoms with van der Waals surface area (Å²) in [5, 5.41) is 0. The Morgan fingerprint density at radius 3 is 2.50 bits per heavy atom. The minimum Gasteiger partial charge on any atom is -0.293 e. The van der Waals surface area contributed by atoms with E-state index in [0.29, 0.717) is 0 Å². The third-order valence-electron chi connectivity index (χ3n) is 0.359. The molecule has 0 aliphatic rings. The van der Waals surface area contributed by atoms with Gasteiger partial charge in [-0.05, 0) is 13.0 Å². The summed E-state index contributed by atoms with van der Waals surface area (Å²) in [6.45, 7) is 1.91. The molecule has 0 rings (SSSR count). The Morgan fingerprint density at radius 2 is 2.33 bits per heavy atom. The fourth-order valence-electron chi connectivity index (χ4n) is 0.152. The van der Waals surface area contributed by atoms with Gasteiger partial charge >= 0.3 is 0 Å². The average Bonchev–Trinajstić information content (AvgIpc) is 1.61. The van der Waals surface area contributed by atoms with Crippen molar-refractivity contribution < 1.29 is 4.99 Å². The first kappa shape index (κ1) is 5.21. The Hall–Kier alpha value is -0.790. The van der Waals surface area contributed by atoms with Crippen LogP contribution in [0, 0.1) is 0 Å². The van der Waals surface area contributed by atoms with E-state index in [1.807, 2.05) is 13.0 Å². The predicted molar refractivity (Wildman–Crippen MR) is 26.0 cm³/mol. The van der Waals surface area contributed by atoms with Crippen molar-refractivity contribution in [3.63, 3.8) is 0 Å². The topological polar surface area (TPSA) is 40.0 Å². The molecule has 0 radical (unpaired) electrons. The minimum atomic E-state index is 1.38. The van der Waals surface area contributed by atoms with Crippen molar-refractivity contribution in [2.75, 3.05) is 0 Å². The van der Waals surface area contributed by atoms with Crippen LogP contribution in [0.2, 0.25) is 0 Å². The van der Waals surface area contributed by atoms with Crippen LogP contribution >= 0.6 is 0 Å². The first-order valence-corrected chi connectivity index (χ1v) is 1.82. The van der Waals surface area contributed by atoms with E-state index in [9.17, 15) is 0 Å². The van der Waals surface area contributed by atoms with Gasteiger partial charge < -0.3 is 0 Å². The lowest BCUT2D eigenvalue weighted by molar-refractivity contribution is -0.367. The van der Waals surface area contributed by atoms with Crippen LogP contribution in [0.4, 0.5) is 0 Å². The van der Waals surface area contributed by atoms with Crippen LogP contribution in [-0.2, 0) is 0 Å². The first-order valence-electron chi connectivity index (χ1n) is 1.82. The van der Waals surface area contributed by atoms with Crippen LogP contribution in [0.25, 0.3) is 0 Å². The molecule has 0 saturated heterocycles. The second kappa shape index (κ2) is 4.21. The van der Waals surface area contributed by atoms with Gasteiger partial charge in [-0.25, -0.2) is 0 Å². The molecule has 0 spiro atoms. The Balaban J connectivity index is 3.07. The van der Waals surface area contributed by atoms with E-state index in [2.05, 4.69) is 4.99 Å². The molecule has 0 atom stereocenters. The van der Waals surface area contributed by atoms with Gasteiger partial charge in [0.15, 0.2) is 0 Å². The lowest BCUT2D eigenvalue weighted by Gasteiger charge is -1.60. The molecule has 2 heteroatoms. The van der Waals surface area contributed by atoms with E-state index in [-0.39, 0.29) is 0 Å². The van der Waals surface area contributed by atoms with Crippen molar-refractivity contribution in [3.8, 4) is 0 Å². The van der Waals surface area contributed by atoms with Crippen molar-refractivity contribution in [1.82, 2.24) is 0 Å². The van der Waals surface area contributed by atoms with E-state index in [1.165, 1.54) is 6.34 Å². The highest BCUT2D eigenvalue weighted by Crippen LogP contribution is 1.45. The zero-order chi connectivity index (χ0) is 4.83. The van der Waals surface area contributed by atoms with Gasteiger partial charge in [-0.2, -0.15) is 0 Å². The summed E-state index contributed by atoms with van der Waals surface area (Å²) in [4.78, 5) is 2.67. The smallest absolute Gasteiger partial charge is 0.232 e. The second-order valence-corrected chi connectivity index (χ2v) is 0.833. The number of nitrogens with one attached hydrogen (secondary N) is 1. The fraction of sp³-hybridized carbons (Fsp3) is 0.250. The maximum atomic E-state index is 4.93. The summed E-state index contributed by atoms with van der Waals surface area (Å²) in [5.41, 5.74) is 4.93. The molecule has 0 aromatic heterocycles. The molecular formula is C4H9N2+. The number of hydrogen-bond donors (Lipinski definition) is 2. The molecule has 3 N–H and O–H groups in total. The molecule has 0 aliphatic heterocycles. The van der Waals surface area contributed by atoms with E-state index in [1.54, 1.807) is 6.20 Å². The van der Waals surface area contributed by atoms with Gasteiger partial charge in [0.1, 0.15) is 0 Å². The maximum Gasteiger partial charge on any atom is 0.232 e. The molecule has 0 unspecified atom stereocenters. The van der Waals surface area contributed by atoms with Gasteiger partial charge in [0.05, 0.1) is 6.20 Å². The Bertz CT molecular complexity index is 53.9. The highest BCUT2D eigenvalue weighted by atomic mass is 14.8. The van der Waals surface area contributed by atoms with Crippen LogP contribution in [0.3, 0.4) is 0 Å². The zero-order valence-corrected chi connectivity index (χ0v) is 3.81. The van der Waals surface area contributed by atoms with Crippen LogP contribution in [0.1, 0.15) is 6.92 Å². The van der Waals surface area contributed by atoms with Crippen LogP contribution in [0.15, 0.2) is 12.3 Å². The minimum absolute atomic E-state index is 1.38. The Morgan fingerprint density at radius 1 is 1.67 bits per heavy atom. The van der Waals surface area contributed by atoms with Crippen LogP contribution in [0.5, 0.6) is 0 Å². The Labute approximate surface area is 37.4 Å². The fourth-order valence-corrected chi connectivity index (χ4v) is 0.152. The van der Waals surface area contributed by atoms with Gasteiger partial charge in [0.2, 0.25) is 6.34 Å². The molecule has 0 aromatic carbocycles. The third-order valence-corrected chi connectivity index (χ3v) is 0.359. The quantitative estimate of drug-likeness (QED) is 0.298. The van der Waals surface area contributed by atoms with Crippen molar-refractivity contribution in [3.05, 3.63) is 12.3 Å². The number of rotatable bonds is 1. The van der Waals surface area contributed by atoms with Crippen molar-refractivity contribution in [2.24, 2.45) is 5.73 Å². The maximum absolute atomic E-state index is 4.93. The van der Waals surface area contributed by atoms with Crippen molar-refractivity contribution in [1.29, 1.82) is 0 Å². The summed E-state index contributed by atoms with van der Waals surface area (Å²) in [5.74, 6) is 0. The van der Waals surface area contributed by atoms with Gasteiger partial charge in [-0.3, -0.25) is 10.7 Å². The third kappa shape index (κ3) is 3.21. The summed E-state index contributed by atoms with van der Waals surface area (Å²) in [6, 6.07) is 0. The molecule has 6 heavy (non-hydrogen) atoms. The van der Waals surface area contributed by atoms with Gasteiger partial charge in [0.25, 0.3) is 0 Å². The average molecular weight is 85.1 g/mol. The second-order valence-electron chi connectivity index (χ2n) is 0.833. The predicted octanol–water partition coefficient (Wildman–Crippen LogP) is -1.41. The molecule has 0 fully saturated rings. The van der Waals surface area contributed by atoms with Gasteiger partial charge in [-0.15, -0.1) is 0 Å². The normalized spacial score (nSPS) is 11.5. The number of allylic oxidation sites excluding steroid dienone is 1. The van der Waals surface area contributed by atoms with Gasteiger partial charge in [-0.1, -0.05) is 0 Å². The highest BCUT2D eigenvalue weighted by molar-refractivity contribution is 5.43. The summed E-state index contributed by atoms with van der Waals surface area (Å²) >= 11 is 0. The molecule has 34 valence electrons. The molecule has 0 aliphatic carbocycles. The number of hydrogen-bond acceptors (Lipinski definition) is 0. The van der Waals surface area contributed by atoms with Crippen LogP contribution < -0.4 is 10.7 Å². The summed E-state index contributed by atoms with van der Waals surface area (Å²) in [6.07, 6.45) is 4.99. The SMILES string of the molecule is C/C=C\[NH+]=CN. The molecule has 0 amide bonds. The van der Waals surface area contributed by atoms with Crippen LogP contribution in [-0.4, -0.2) is 6.34 Å². The van der Waals surface area contributed by atoms with Gasteiger partial charge in [0, 0.05) is 0 Å². The Kier molecular flexibility index (Phi) is 3.66. The van der Waals surface area contributed by atoms with Crippen molar-refractivity contribution >= 4 is 6.34 Å². The largest absolute Gasteiger partial charge is 0.293 e. The van der Waals surface area contributed by atoms with Crippen molar-refractivity contribution in [2.45, 2.75) is 6.92 Å². The first-order chi connectivity index (χ1) is 2.91. The van der Waals surface area contributed by atoms with E-state index in [4.69, 9.17) is 5.73 Å². The molecular weight excluding hydrogens is 76.1 g/mol. The standard InChI is InChI=1S/C4H8N2/c1-2-3-6-4-5/h2-4H,1H3,(H2,5,6)/p+1/b3-2-. The monoisotopic (exact) mass is 85.1 g/mol. The molecule has 0 bridgehead atoms. The lowest BCUT2D eigenvalue weighted by atomic mass is 10.7. The number of nitrogens with two attached hydrogens (primary N) is 1. The molecule has 0 saturated carbocycles. The lowest BCUT2D eigenvalue weighted by Crippen LogP contribution is -2.63. The molecule has 0 aromatic rings. The zero-order valence-electron chi connectivity index (χ0n) is 3.81. The van der Waals surface area contributed by atoms with E-state index < -0.39 is 0 Å². The van der Waals surface area contributed by atoms with E-state index >= 15 is 0 Å². The van der Waals surface area contributed by atoms with E-state index in [0.717, 1.165) is 0 Å². The molecule has 2 nitrogen and oxygen atoms in total. The summed E-state index contributed by atoms with van der Waals surface area (Å²) < 4.78 is 0. The summed E-state index contributed by atoms with van der Waals surface area (Å²) in [7, 11) is 0. The molecule has 0 heterocycles. The highest BCUT2D eigenvalue weighted by Gasteiger charge is 1.53.